The first-order valence-electron chi connectivity index (χ1n) is 8.55. The molecule has 25 heavy (non-hydrogen) atoms. The SMILES string of the molecule is CCOC(=O)N1CCN(C(=O)/C=C/c2cccc3ccccc23)CC1. The average Bonchev–Trinajstić information content (AvgIpc) is 2.66. The number of ether oxygens (including phenoxy) is 1. The Hall–Kier alpha value is -2.82. The third-order valence-electron chi connectivity index (χ3n) is 4.35. The zero-order chi connectivity index (χ0) is 17.6. The van der Waals surface area contributed by atoms with Gasteiger partial charge in [0.2, 0.25) is 5.91 Å². The largest absolute Gasteiger partial charge is 0.450 e. The molecule has 1 aliphatic heterocycles. The fraction of sp³-hybridized carbons (Fsp3) is 0.300. The number of amides is 2. The topological polar surface area (TPSA) is 49.9 Å². The third-order valence-corrected chi connectivity index (χ3v) is 4.35. The lowest BCUT2D eigenvalue weighted by Crippen LogP contribution is -2.50. The van der Waals surface area contributed by atoms with E-state index in [4.69, 9.17) is 4.74 Å². The molecule has 0 unspecified atom stereocenters. The number of benzene rings is 2. The van der Waals surface area contributed by atoms with Crippen molar-refractivity contribution in [2.24, 2.45) is 0 Å². The molecule has 2 aromatic carbocycles. The van der Waals surface area contributed by atoms with Crippen LogP contribution < -0.4 is 0 Å². The van der Waals surface area contributed by atoms with Gasteiger partial charge in [-0.15, -0.1) is 0 Å². The van der Waals surface area contributed by atoms with Crippen LogP contribution in [0.1, 0.15) is 12.5 Å². The number of hydrogen-bond donors (Lipinski definition) is 0. The lowest BCUT2D eigenvalue weighted by Gasteiger charge is -2.33. The average molecular weight is 338 g/mol. The van der Waals surface area contributed by atoms with E-state index in [1.165, 1.54) is 0 Å². The van der Waals surface area contributed by atoms with Crippen LogP contribution >= 0.6 is 0 Å². The van der Waals surface area contributed by atoms with Crippen molar-refractivity contribution >= 4 is 28.8 Å². The lowest BCUT2D eigenvalue weighted by atomic mass is 10.0. The second kappa shape index (κ2) is 7.83. The van der Waals surface area contributed by atoms with E-state index in [0.29, 0.717) is 32.8 Å². The molecule has 0 N–H and O–H groups in total. The number of rotatable bonds is 3. The Balaban J connectivity index is 1.63. The molecule has 0 spiro atoms. The van der Waals surface area contributed by atoms with E-state index >= 15 is 0 Å². The summed E-state index contributed by atoms with van der Waals surface area (Å²) in [6.07, 6.45) is 3.17. The molecule has 5 nitrogen and oxygen atoms in total. The van der Waals surface area contributed by atoms with Crippen LogP contribution in [0.15, 0.2) is 48.5 Å². The third kappa shape index (κ3) is 3.99. The smallest absolute Gasteiger partial charge is 0.409 e. The summed E-state index contributed by atoms with van der Waals surface area (Å²) < 4.78 is 4.99. The molecule has 3 rings (SSSR count). The second-order valence-electron chi connectivity index (χ2n) is 5.91. The van der Waals surface area contributed by atoms with E-state index in [0.717, 1.165) is 16.3 Å². The van der Waals surface area contributed by atoms with Gasteiger partial charge < -0.3 is 14.5 Å². The Morgan fingerprint density at radius 3 is 2.44 bits per heavy atom. The normalized spacial score (nSPS) is 14.9. The molecule has 1 aliphatic rings. The number of fused-ring (bicyclic) bond motifs is 1. The van der Waals surface area contributed by atoms with Crippen LogP contribution in [-0.4, -0.2) is 54.6 Å². The van der Waals surface area contributed by atoms with Crippen LogP contribution in [0.4, 0.5) is 4.79 Å². The van der Waals surface area contributed by atoms with Gasteiger partial charge in [-0.3, -0.25) is 4.79 Å². The predicted molar refractivity (Wildman–Crippen MR) is 98.2 cm³/mol. The molecule has 130 valence electrons. The van der Waals surface area contributed by atoms with Gasteiger partial charge in [0.05, 0.1) is 6.61 Å². The van der Waals surface area contributed by atoms with E-state index in [1.807, 2.05) is 30.3 Å². The molecule has 0 radical (unpaired) electrons. The fourth-order valence-electron chi connectivity index (χ4n) is 2.99. The Bertz CT molecular complexity index is 787. The molecule has 1 heterocycles. The zero-order valence-corrected chi connectivity index (χ0v) is 14.4. The van der Waals surface area contributed by atoms with E-state index in [-0.39, 0.29) is 12.0 Å². The van der Waals surface area contributed by atoms with Crippen LogP contribution in [0.3, 0.4) is 0 Å². The highest BCUT2D eigenvalue weighted by Crippen LogP contribution is 2.19. The van der Waals surface area contributed by atoms with E-state index in [1.54, 1.807) is 22.8 Å². The summed E-state index contributed by atoms with van der Waals surface area (Å²) in [5.41, 5.74) is 1.02. The molecule has 0 atom stereocenters. The van der Waals surface area contributed by atoms with Gasteiger partial charge in [-0.1, -0.05) is 42.5 Å². The van der Waals surface area contributed by atoms with Crippen LogP contribution in [-0.2, 0) is 9.53 Å². The summed E-state index contributed by atoms with van der Waals surface area (Å²) in [5, 5.41) is 2.28. The van der Waals surface area contributed by atoms with Gasteiger partial charge in [0.1, 0.15) is 0 Å². The summed E-state index contributed by atoms with van der Waals surface area (Å²) in [7, 11) is 0. The number of carbonyl (C=O) groups is 2. The van der Waals surface area contributed by atoms with Crippen LogP contribution in [0.25, 0.3) is 16.8 Å². The first-order valence-corrected chi connectivity index (χ1v) is 8.55. The van der Waals surface area contributed by atoms with E-state index in [9.17, 15) is 9.59 Å². The fourth-order valence-corrected chi connectivity index (χ4v) is 2.99. The molecule has 0 aromatic heterocycles. The van der Waals surface area contributed by atoms with Gasteiger partial charge in [-0.2, -0.15) is 0 Å². The lowest BCUT2D eigenvalue weighted by molar-refractivity contribution is -0.127. The first kappa shape index (κ1) is 17.0. The van der Waals surface area contributed by atoms with Crippen molar-refractivity contribution in [2.45, 2.75) is 6.92 Å². The molecule has 1 fully saturated rings. The number of piperazine rings is 1. The minimum atomic E-state index is -0.305. The van der Waals surface area contributed by atoms with Crippen molar-refractivity contribution in [1.82, 2.24) is 9.80 Å². The maximum absolute atomic E-state index is 12.4. The summed E-state index contributed by atoms with van der Waals surface area (Å²) in [5.74, 6) is -0.0311. The van der Waals surface area contributed by atoms with Crippen molar-refractivity contribution in [3.8, 4) is 0 Å². The molecule has 2 aromatic rings. The molecule has 1 saturated heterocycles. The van der Waals surface area contributed by atoms with Crippen LogP contribution in [0.5, 0.6) is 0 Å². The second-order valence-corrected chi connectivity index (χ2v) is 5.91. The highest BCUT2D eigenvalue weighted by molar-refractivity contribution is 5.96. The van der Waals surface area contributed by atoms with Gasteiger partial charge in [-0.05, 0) is 29.3 Å². The molecular weight excluding hydrogens is 316 g/mol. The summed E-state index contributed by atoms with van der Waals surface area (Å²) in [4.78, 5) is 27.5. The molecule has 2 amide bonds. The Morgan fingerprint density at radius 1 is 1.00 bits per heavy atom. The monoisotopic (exact) mass is 338 g/mol. The maximum Gasteiger partial charge on any atom is 0.409 e. The van der Waals surface area contributed by atoms with Gasteiger partial charge >= 0.3 is 6.09 Å². The maximum atomic E-state index is 12.4. The first-order chi connectivity index (χ1) is 12.2. The highest BCUT2D eigenvalue weighted by Gasteiger charge is 2.23. The minimum absolute atomic E-state index is 0.0311. The molecule has 0 saturated carbocycles. The van der Waals surface area contributed by atoms with Crippen molar-refractivity contribution in [3.05, 3.63) is 54.1 Å². The Labute approximate surface area is 147 Å². The standard InChI is InChI=1S/C20H22N2O3/c1-2-25-20(24)22-14-12-21(13-15-22)19(23)11-10-17-8-5-7-16-6-3-4-9-18(16)17/h3-11H,2,12-15H2,1H3/b11-10+. The quantitative estimate of drug-likeness (QED) is 0.808. The highest BCUT2D eigenvalue weighted by atomic mass is 16.6. The summed E-state index contributed by atoms with van der Waals surface area (Å²) in [6, 6.07) is 14.2. The minimum Gasteiger partial charge on any atom is -0.450 e. The predicted octanol–water partition coefficient (Wildman–Crippen LogP) is 3.15. The van der Waals surface area contributed by atoms with Crippen molar-refractivity contribution in [2.75, 3.05) is 32.8 Å². The Morgan fingerprint density at radius 2 is 1.68 bits per heavy atom. The van der Waals surface area contributed by atoms with E-state index in [2.05, 4.69) is 18.2 Å². The van der Waals surface area contributed by atoms with Crippen LogP contribution in [0.2, 0.25) is 0 Å². The van der Waals surface area contributed by atoms with Crippen molar-refractivity contribution in [1.29, 1.82) is 0 Å². The zero-order valence-electron chi connectivity index (χ0n) is 14.4. The number of carbonyl (C=O) groups excluding carboxylic acids is 2. The van der Waals surface area contributed by atoms with Crippen molar-refractivity contribution < 1.29 is 14.3 Å². The summed E-state index contributed by atoms with van der Waals surface area (Å²) >= 11 is 0. The van der Waals surface area contributed by atoms with Gasteiger partial charge in [-0.25, -0.2) is 4.79 Å². The molecule has 0 aliphatic carbocycles. The van der Waals surface area contributed by atoms with E-state index < -0.39 is 0 Å². The Kier molecular flexibility index (Phi) is 5.33. The molecule has 0 bridgehead atoms. The van der Waals surface area contributed by atoms with Crippen molar-refractivity contribution in [3.63, 3.8) is 0 Å². The number of hydrogen-bond acceptors (Lipinski definition) is 3. The van der Waals surface area contributed by atoms with Gasteiger partial charge in [0, 0.05) is 32.3 Å². The van der Waals surface area contributed by atoms with Gasteiger partial charge in [0.15, 0.2) is 0 Å². The number of nitrogens with zero attached hydrogens (tertiary/aromatic N) is 2. The van der Waals surface area contributed by atoms with Crippen LogP contribution in [0, 0.1) is 0 Å². The van der Waals surface area contributed by atoms with Gasteiger partial charge in [0.25, 0.3) is 0 Å². The summed E-state index contributed by atoms with van der Waals surface area (Å²) in [6.45, 7) is 4.22. The molecular formula is C20H22N2O3. The molecule has 5 heteroatoms.